The molecular formula is C15H26N2O4. The van der Waals surface area contributed by atoms with Crippen LogP contribution in [-0.2, 0) is 19.1 Å². The van der Waals surface area contributed by atoms with Crippen molar-refractivity contribution in [3.05, 3.63) is 0 Å². The van der Waals surface area contributed by atoms with E-state index in [1.807, 2.05) is 0 Å². The highest BCUT2D eigenvalue weighted by Gasteiger charge is 2.17. The number of amides is 2. The Bertz CT molecular complexity index is 305. The molecule has 0 aromatic heterocycles. The Morgan fingerprint density at radius 3 is 1.71 bits per heavy atom. The van der Waals surface area contributed by atoms with Crippen LogP contribution in [0.15, 0.2) is 0 Å². The Balaban J connectivity index is 1.45. The highest BCUT2D eigenvalue weighted by molar-refractivity contribution is 5.78. The lowest BCUT2D eigenvalue weighted by atomic mass is 10.2. The highest BCUT2D eigenvalue weighted by atomic mass is 16.5. The molecule has 6 nitrogen and oxygen atoms in total. The van der Waals surface area contributed by atoms with Crippen molar-refractivity contribution in [2.75, 3.05) is 26.3 Å². The zero-order valence-corrected chi connectivity index (χ0v) is 12.6. The van der Waals surface area contributed by atoms with Crippen molar-refractivity contribution in [3.8, 4) is 0 Å². The molecule has 0 radical (unpaired) electrons. The molecule has 2 fully saturated rings. The minimum absolute atomic E-state index is 0.00238. The van der Waals surface area contributed by atoms with Crippen LogP contribution in [-0.4, -0.2) is 50.3 Å². The summed E-state index contributed by atoms with van der Waals surface area (Å²) in [7, 11) is 0. The maximum absolute atomic E-state index is 11.6. The van der Waals surface area contributed by atoms with Crippen molar-refractivity contribution in [1.29, 1.82) is 0 Å². The Hall–Kier alpha value is -1.14. The van der Waals surface area contributed by atoms with E-state index in [-0.39, 0.29) is 24.0 Å². The second-order valence-electron chi connectivity index (χ2n) is 5.73. The minimum Gasteiger partial charge on any atom is -0.376 e. The van der Waals surface area contributed by atoms with Crippen LogP contribution in [0.25, 0.3) is 0 Å². The van der Waals surface area contributed by atoms with Crippen LogP contribution in [0.5, 0.6) is 0 Å². The summed E-state index contributed by atoms with van der Waals surface area (Å²) in [6.45, 7) is 2.77. The molecular weight excluding hydrogens is 272 g/mol. The number of ether oxygens (including phenoxy) is 2. The molecule has 0 aromatic rings. The third-order valence-electron chi connectivity index (χ3n) is 3.91. The molecule has 21 heavy (non-hydrogen) atoms. The van der Waals surface area contributed by atoms with Gasteiger partial charge in [-0.15, -0.1) is 0 Å². The van der Waals surface area contributed by atoms with Crippen molar-refractivity contribution in [1.82, 2.24) is 10.6 Å². The summed E-state index contributed by atoms with van der Waals surface area (Å²) in [6, 6.07) is 0. The second kappa shape index (κ2) is 9.00. The van der Waals surface area contributed by atoms with Crippen LogP contribution in [0.4, 0.5) is 0 Å². The largest absolute Gasteiger partial charge is 0.376 e. The molecule has 2 aliphatic rings. The highest BCUT2D eigenvalue weighted by Crippen LogP contribution is 2.11. The van der Waals surface area contributed by atoms with Gasteiger partial charge < -0.3 is 20.1 Å². The van der Waals surface area contributed by atoms with Crippen molar-refractivity contribution in [2.24, 2.45) is 0 Å². The Morgan fingerprint density at radius 2 is 1.33 bits per heavy atom. The van der Waals surface area contributed by atoms with Gasteiger partial charge in [0.2, 0.25) is 11.8 Å². The lowest BCUT2D eigenvalue weighted by Gasteiger charge is -2.11. The molecule has 2 saturated heterocycles. The molecule has 0 aromatic carbocycles. The lowest BCUT2D eigenvalue weighted by Crippen LogP contribution is -2.33. The predicted octanol–water partition coefficient (Wildman–Crippen LogP) is 0.747. The maximum atomic E-state index is 11.6. The Morgan fingerprint density at radius 1 is 0.857 bits per heavy atom. The third-order valence-corrected chi connectivity index (χ3v) is 3.91. The molecule has 0 unspecified atom stereocenters. The second-order valence-corrected chi connectivity index (χ2v) is 5.73. The Labute approximate surface area is 125 Å². The van der Waals surface area contributed by atoms with Gasteiger partial charge in [-0.1, -0.05) is 0 Å². The van der Waals surface area contributed by atoms with Gasteiger partial charge in [-0.2, -0.15) is 0 Å². The summed E-state index contributed by atoms with van der Waals surface area (Å²) >= 11 is 0. The quantitative estimate of drug-likeness (QED) is 0.693. The van der Waals surface area contributed by atoms with E-state index in [0.717, 1.165) is 38.9 Å². The molecule has 2 atom stereocenters. The first-order valence-electron chi connectivity index (χ1n) is 8.00. The predicted molar refractivity (Wildman–Crippen MR) is 77.8 cm³/mol. The number of carbonyl (C=O) groups excluding carboxylic acids is 2. The molecule has 6 heteroatoms. The van der Waals surface area contributed by atoms with Gasteiger partial charge in [-0.05, 0) is 32.1 Å². The van der Waals surface area contributed by atoms with Gasteiger partial charge in [0, 0.05) is 39.1 Å². The summed E-state index contributed by atoms with van der Waals surface area (Å²) in [5, 5.41) is 5.72. The van der Waals surface area contributed by atoms with E-state index in [4.69, 9.17) is 9.47 Å². The molecule has 2 aliphatic heterocycles. The number of hydrogen-bond donors (Lipinski definition) is 2. The Kier molecular flexibility index (Phi) is 6.95. The normalized spacial score (nSPS) is 25.0. The molecule has 2 amide bonds. The average molecular weight is 298 g/mol. The van der Waals surface area contributed by atoms with E-state index in [1.54, 1.807) is 0 Å². The van der Waals surface area contributed by atoms with Crippen LogP contribution in [0.2, 0.25) is 0 Å². The van der Waals surface area contributed by atoms with Crippen LogP contribution in [0.1, 0.15) is 44.9 Å². The fourth-order valence-corrected chi connectivity index (χ4v) is 2.65. The van der Waals surface area contributed by atoms with Crippen molar-refractivity contribution in [2.45, 2.75) is 57.2 Å². The van der Waals surface area contributed by atoms with Crippen molar-refractivity contribution >= 4 is 11.8 Å². The standard InChI is InChI=1S/C15H26N2O4/c18-14(16-10-12-4-2-8-20-12)6-1-7-15(19)17-11-13-5-3-9-21-13/h12-13H,1-11H2,(H,16,18)(H,17,19)/t12-,13-/m0/s1. The topological polar surface area (TPSA) is 76.7 Å². The van der Waals surface area contributed by atoms with Gasteiger partial charge >= 0.3 is 0 Å². The van der Waals surface area contributed by atoms with Gasteiger partial charge in [0.05, 0.1) is 12.2 Å². The van der Waals surface area contributed by atoms with E-state index < -0.39 is 0 Å². The van der Waals surface area contributed by atoms with E-state index in [0.29, 0.717) is 32.4 Å². The van der Waals surface area contributed by atoms with Gasteiger partial charge in [-0.25, -0.2) is 0 Å². The first-order chi connectivity index (χ1) is 10.2. The smallest absolute Gasteiger partial charge is 0.220 e. The third kappa shape index (κ3) is 6.44. The summed E-state index contributed by atoms with van der Waals surface area (Å²) < 4.78 is 10.9. The minimum atomic E-state index is -0.00238. The van der Waals surface area contributed by atoms with E-state index in [9.17, 15) is 9.59 Å². The zero-order valence-electron chi connectivity index (χ0n) is 12.6. The van der Waals surface area contributed by atoms with Crippen LogP contribution >= 0.6 is 0 Å². The zero-order chi connectivity index (χ0) is 14.9. The average Bonchev–Trinajstić information content (AvgIpc) is 3.16. The van der Waals surface area contributed by atoms with Crippen LogP contribution in [0, 0.1) is 0 Å². The number of hydrogen-bond acceptors (Lipinski definition) is 4. The van der Waals surface area contributed by atoms with Crippen molar-refractivity contribution in [3.63, 3.8) is 0 Å². The molecule has 2 heterocycles. The first-order valence-corrected chi connectivity index (χ1v) is 8.00. The number of nitrogens with one attached hydrogen (secondary N) is 2. The summed E-state index contributed by atoms with van der Waals surface area (Å²) in [5.74, 6) is -0.00477. The fourth-order valence-electron chi connectivity index (χ4n) is 2.65. The monoisotopic (exact) mass is 298 g/mol. The summed E-state index contributed by atoms with van der Waals surface area (Å²) in [4.78, 5) is 23.3. The van der Waals surface area contributed by atoms with Gasteiger partial charge in [0.25, 0.3) is 0 Å². The fraction of sp³-hybridized carbons (Fsp3) is 0.867. The van der Waals surface area contributed by atoms with Crippen LogP contribution in [0.3, 0.4) is 0 Å². The van der Waals surface area contributed by atoms with E-state index >= 15 is 0 Å². The number of carbonyl (C=O) groups is 2. The maximum Gasteiger partial charge on any atom is 0.220 e. The van der Waals surface area contributed by atoms with E-state index in [2.05, 4.69) is 10.6 Å². The van der Waals surface area contributed by atoms with Crippen molar-refractivity contribution < 1.29 is 19.1 Å². The summed E-state index contributed by atoms with van der Waals surface area (Å²) in [6.07, 6.45) is 5.89. The number of rotatable bonds is 8. The molecule has 120 valence electrons. The first kappa shape index (κ1) is 16.2. The molecule has 0 aliphatic carbocycles. The van der Waals surface area contributed by atoms with E-state index in [1.165, 1.54) is 0 Å². The van der Waals surface area contributed by atoms with Gasteiger partial charge in [0.15, 0.2) is 0 Å². The molecule has 0 bridgehead atoms. The summed E-state index contributed by atoms with van der Waals surface area (Å²) in [5.41, 5.74) is 0. The molecule has 2 rings (SSSR count). The molecule has 0 spiro atoms. The molecule has 0 saturated carbocycles. The molecule has 2 N–H and O–H groups in total. The SMILES string of the molecule is O=C(CCCC(=O)NC[C@@H]1CCCO1)NC[C@@H]1CCCO1. The van der Waals surface area contributed by atoms with Gasteiger partial charge in [0.1, 0.15) is 0 Å². The lowest BCUT2D eigenvalue weighted by molar-refractivity contribution is -0.123. The van der Waals surface area contributed by atoms with Gasteiger partial charge in [-0.3, -0.25) is 9.59 Å². The van der Waals surface area contributed by atoms with Crippen LogP contribution < -0.4 is 10.6 Å².